The second-order valence-corrected chi connectivity index (χ2v) is 6.96. The molecule has 3 rings (SSSR count). The number of carbonyl (C=O) groups excluding carboxylic acids is 1. The van der Waals surface area contributed by atoms with Crippen LogP contribution >= 0.6 is 11.3 Å². The van der Waals surface area contributed by atoms with Gasteiger partial charge in [0, 0.05) is 6.07 Å². The van der Waals surface area contributed by atoms with Gasteiger partial charge in [-0.3, -0.25) is 14.9 Å². The fourth-order valence-corrected chi connectivity index (χ4v) is 3.61. The maximum atomic E-state index is 12.3. The van der Waals surface area contributed by atoms with Gasteiger partial charge in [0.05, 0.1) is 29.2 Å². The van der Waals surface area contributed by atoms with E-state index in [1.165, 1.54) is 30.6 Å². The van der Waals surface area contributed by atoms with E-state index in [9.17, 15) is 14.9 Å². The van der Waals surface area contributed by atoms with Crippen molar-refractivity contribution in [1.29, 1.82) is 0 Å². The number of nitrogens with one attached hydrogen (secondary N) is 1. The molecule has 0 aliphatic heterocycles. The number of amides is 1. The Morgan fingerprint density at radius 2 is 2.08 bits per heavy atom. The third-order valence-electron chi connectivity index (χ3n) is 3.97. The first kappa shape index (κ1) is 17.8. The van der Waals surface area contributed by atoms with Crippen LogP contribution in [0.4, 0.5) is 10.8 Å². The molecule has 0 saturated heterocycles. The zero-order valence-corrected chi connectivity index (χ0v) is 15.3. The lowest BCUT2D eigenvalue weighted by atomic mass is 10.0. The van der Waals surface area contributed by atoms with Crippen molar-refractivity contribution in [1.82, 2.24) is 4.98 Å². The average Bonchev–Trinajstić information content (AvgIpc) is 2.98. The third-order valence-corrected chi connectivity index (χ3v) is 4.89. The number of carbonyl (C=O) groups is 1. The highest BCUT2D eigenvalue weighted by atomic mass is 32.1. The van der Waals surface area contributed by atoms with E-state index in [-0.39, 0.29) is 18.0 Å². The summed E-state index contributed by atoms with van der Waals surface area (Å²) in [5.41, 5.74) is 3.56. The molecule has 0 aliphatic carbocycles. The molecule has 0 spiro atoms. The van der Waals surface area contributed by atoms with E-state index in [1.807, 2.05) is 32.0 Å². The van der Waals surface area contributed by atoms with Crippen LogP contribution in [0.25, 0.3) is 10.2 Å². The quantitative estimate of drug-likeness (QED) is 0.540. The Labute approximate surface area is 153 Å². The number of nitro groups is 1. The van der Waals surface area contributed by atoms with E-state index >= 15 is 0 Å². The first-order chi connectivity index (χ1) is 12.4. The van der Waals surface area contributed by atoms with Gasteiger partial charge in [0.1, 0.15) is 5.52 Å². The highest BCUT2D eigenvalue weighted by Gasteiger charge is 2.17. The van der Waals surface area contributed by atoms with Gasteiger partial charge in [0.25, 0.3) is 5.69 Å². The lowest BCUT2D eigenvalue weighted by Gasteiger charge is -2.06. The Morgan fingerprint density at radius 3 is 2.73 bits per heavy atom. The van der Waals surface area contributed by atoms with Crippen LogP contribution in [0.3, 0.4) is 0 Å². The lowest BCUT2D eigenvalue weighted by molar-refractivity contribution is -0.384. The third kappa shape index (κ3) is 3.65. The van der Waals surface area contributed by atoms with Gasteiger partial charge in [0.2, 0.25) is 5.91 Å². The summed E-state index contributed by atoms with van der Waals surface area (Å²) in [6, 6.07) is 8.69. The van der Waals surface area contributed by atoms with Crippen molar-refractivity contribution < 1.29 is 14.5 Å². The molecule has 1 aromatic heterocycles. The molecule has 0 fully saturated rings. The van der Waals surface area contributed by atoms with Crippen LogP contribution in [0.2, 0.25) is 0 Å². The van der Waals surface area contributed by atoms with Crippen LogP contribution in [-0.4, -0.2) is 22.9 Å². The predicted octanol–water partition coefficient (Wildman–Crippen LogP) is 4.01. The second kappa shape index (κ2) is 7.09. The molecule has 2 aromatic carbocycles. The lowest BCUT2D eigenvalue weighted by Crippen LogP contribution is -2.14. The second-order valence-electron chi connectivity index (χ2n) is 5.93. The SMILES string of the molecule is COc1cc([N+](=O)[O-])cc2sc(NC(=O)Cc3ccc(C)cc3C)nc12. The number of ether oxygens (including phenoxy) is 1. The summed E-state index contributed by atoms with van der Waals surface area (Å²) in [5.74, 6) is 0.116. The van der Waals surface area contributed by atoms with Crippen molar-refractivity contribution in [3.63, 3.8) is 0 Å². The average molecular weight is 371 g/mol. The summed E-state index contributed by atoms with van der Waals surface area (Å²) in [6.45, 7) is 3.97. The molecule has 0 unspecified atom stereocenters. The van der Waals surface area contributed by atoms with Crippen LogP contribution in [0.5, 0.6) is 5.75 Å². The summed E-state index contributed by atoms with van der Waals surface area (Å²) in [7, 11) is 1.43. The first-order valence-corrected chi connectivity index (χ1v) is 8.68. The standard InChI is InChI=1S/C18H17N3O4S/c1-10-4-5-12(11(2)6-10)7-16(22)19-18-20-17-14(25-3)8-13(21(23)24)9-15(17)26-18/h4-6,8-9H,7H2,1-3H3,(H,19,20,22). The minimum Gasteiger partial charge on any atom is -0.494 e. The summed E-state index contributed by atoms with van der Waals surface area (Å²) in [4.78, 5) is 27.2. The minimum atomic E-state index is -0.486. The van der Waals surface area contributed by atoms with Gasteiger partial charge in [-0.05, 0) is 25.0 Å². The fraction of sp³-hybridized carbons (Fsp3) is 0.222. The van der Waals surface area contributed by atoms with Gasteiger partial charge >= 0.3 is 0 Å². The molecule has 1 amide bonds. The number of hydrogen-bond acceptors (Lipinski definition) is 6. The maximum Gasteiger partial charge on any atom is 0.274 e. The van der Waals surface area contributed by atoms with Crippen LogP contribution in [0.15, 0.2) is 30.3 Å². The highest BCUT2D eigenvalue weighted by Crippen LogP contribution is 2.36. The Bertz CT molecular complexity index is 1010. The molecule has 3 aromatic rings. The minimum absolute atomic E-state index is 0.0776. The normalized spacial score (nSPS) is 10.7. The van der Waals surface area contributed by atoms with E-state index in [2.05, 4.69) is 10.3 Å². The molecule has 0 atom stereocenters. The molecule has 0 saturated carbocycles. The zero-order chi connectivity index (χ0) is 18.8. The Balaban J connectivity index is 1.84. The number of methoxy groups -OCH3 is 1. The molecular formula is C18H17N3O4S. The number of non-ortho nitro benzene ring substituents is 1. The molecule has 8 heteroatoms. The number of fused-ring (bicyclic) bond motifs is 1. The number of thiazole rings is 1. The predicted molar refractivity (Wildman–Crippen MR) is 101 cm³/mol. The van der Waals surface area contributed by atoms with Gasteiger partial charge in [-0.1, -0.05) is 35.1 Å². The number of anilines is 1. The highest BCUT2D eigenvalue weighted by molar-refractivity contribution is 7.22. The number of benzene rings is 2. The molecule has 1 N–H and O–H groups in total. The van der Waals surface area contributed by atoms with E-state index in [4.69, 9.17) is 4.74 Å². The molecule has 7 nitrogen and oxygen atoms in total. The molecule has 26 heavy (non-hydrogen) atoms. The van der Waals surface area contributed by atoms with Crippen LogP contribution in [0.1, 0.15) is 16.7 Å². The van der Waals surface area contributed by atoms with Crippen molar-refractivity contribution in [3.8, 4) is 5.75 Å². The van der Waals surface area contributed by atoms with Gasteiger partial charge in [-0.25, -0.2) is 4.98 Å². The maximum absolute atomic E-state index is 12.3. The fourth-order valence-electron chi connectivity index (χ4n) is 2.68. The molecule has 0 radical (unpaired) electrons. The van der Waals surface area contributed by atoms with Crippen LogP contribution in [-0.2, 0) is 11.2 Å². The summed E-state index contributed by atoms with van der Waals surface area (Å²) < 4.78 is 5.77. The number of hydrogen-bond donors (Lipinski definition) is 1. The van der Waals surface area contributed by atoms with Gasteiger partial charge in [-0.2, -0.15) is 0 Å². The van der Waals surface area contributed by atoms with Crippen molar-refractivity contribution in [2.75, 3.05) is 12.4 Å². The summed E-state index contributed by atoms with van der Waals surface area (Å²) in [6.07, 6.45) is 0.235. The Kier molecular flexibility index (Phi) is 4.85. The Hall–Kier alpha value is -3.00. The van der Waals surface area contributed by atoms with E-state index in [0.717, 1.165) is 16.7 Å². The van der Waals surface area contributed by atoms with Crippen molar-refractivity contribution in [2.45, 2.75) is 20.3 Å². The van der Waals surface area contributed by atoms with Crippen LogP contribution in [0, 0.1) is 24.0 Å². The Morgan fingerprint density at radius 1 is 1.31 bits per heavy atom. The van der Waals surface area contributed by atoms with E-state index < -0.39 is 4.92 Å². The molecule has 0 aliphatic rings. The van der Waals surface area contributed by atoms with E-state index in [1.54, 1.807) is 0 Å². The van der Waals surface area contributed by atoms with Gasteiger partial charge in [0.15, 0.2) is 10.9 Å². The molecule has 134 valence electrons. The molecular weight excluding hydrogens is 354 g/mol. The molecule has 0 bridgehead atoms. The monoisotopic (exact) mass is 371 g/mol. The zero-order valence-electron chi connectivity index (χ0n) is 14.5. The number of nitrogens with zero attached hydrogens (tertiary/aromatic N) is 2. The summed E-state index contributed by atoms with van der Waals surface area (Å²) >= 11 is 1.18. The van der Waals surface area contributed by atoms with Crippen molar-refractivity contribution in [2.24, 2.45) is 0 Å². The first-order valence-electron chi connectivity index (χ1n) is 7.86. The molecule has 1 heterocycles. The van der Waals surface area contributed by atoms with E-state index in [0.29, 0.717) is 21.1 Å². The number of aromatic nitrogens is 1. The number of rotatable bonds is 5. The van der Waals surface area contributed by atoms with Crippen LogP contribution < -0.4 is 10.1 Å². The topological polar surface area (TPSA) is 94.4 Å². The summed E-state index contributed by atoms with van der Waals surface area (Å²) in [5, 5.41) is 14.2. The number of nitro benzene ring substituents is 1. The van der Waals surface area contributed by atoms with Crippen molar-refractivity contribution in [3.05, 3.63) is 57.1 Å². The van der Waals surface area contributed by atoms with Gasteiger partial charge < -0.3 is 10.1 Å². The smallest absolute Gasteiger partial charge is 0.274 e. The number of aryl methyl sites for hydroxylation is 2. The van der Waals surface area contributed by atoms with Crippen molar-refractivity contribution >= 4 is 38.3 Å². The largest absolute Gasteiger partial charge is 0.494 e. The van der Waals surface area contributed by atoms with Gasteiger partial charge in [-0.15, -0.1) is 0 Å².